The van der Waals surface area contributed by atoms with E-state index in [1.54, 1.807) is 37.4 Å². The summed E-state index contributed by atoms with van der Waals surface area (Å²) >= 11 is 0. The quantitative estimate of drug-likeness (QED) is 0.417. The zero-order chi connectivity index (χ0) is 27.0. The Morgan fingerprint density at radius 2 is 1.89 bits per heavy atom. The number of ether oxygens (including phenoxy) is 2. The number of amides is 4. The van der Waals surface area contributed by atoms with Gasteiger partial charge in [0.15, 0.2) is 0 Å². The van der Waals surface area contributed by atoms with Crippen molar-refractivity contribution in [2.24, 2.45) is 11.3 Å². The Bertz CT molecular complexity index is 1350. The van der Waals surface area contributed by atoms with Gasteiger partial charge in [-0.1, -0.05) is 18.2 Å². The van der Waals surface area contributed by atoms with Crippen LogP contribution in [0.4, 0.5) is 4.79 Å². The van der Waals surface area contributed by atoms with E-state index in [2.05, 4.69) is 16.8 Å². The lowest BCUT2D eigenvalue weighted by Gasteiger charge is -2.47. The Morgan fingerprint density at radius 3 is 2.63 bits per heavy atom. The third-order valence-corrected chi connectivity index (χ3v) is 7.90. The van der Waals surface area contributed by atoms with Crippen molar-refractivity contribution >= 4 is 17.8 Å². The number of fused-ring (bicyclic) bond motifs is 4. The van der Waals surface area contributed by atoms with Crippen molar-refractivity contribution in [1.82, 2.24) is 19.7 Å². The molecule has 2 bridgehead atoms. The SMILES string of the molecule is C=CCN1C(=O)NC(=O)[C@@](Cc2ccc(OC)cc2OC)(CN2C[C@@H]3C[C@H](C2)c2cccc(=O)n2C3)C1=O. The number of aromatic nitrogens is 1. The van der Waals surface area contributed by atoms with Crippen LogP contribution in [0.1, 0.15) is 23.6 Å². The van der Waals surface area contributed by atoms with E-state index in [9.17, 15) is 19.2 Å². The summed E-state index contributed by atoms with van der Waals surface area (Å²) in [4.78, 5) is 55.9. The van der Waals surface area contributed by atoms with Crippen molar-refractivity contribution in [2.45, 2.75) is 25.3 Å². The highest BCUT2D eigenvalue weighted by Crippen LogP contribution is 2.39. The van der Waals surface area contributed by atoms with Crippen molar-refractivity contribution in [1.29, 1.82) is 0 Å². The van der Waals surface area contributed by atoms with Gasteiger partial charge in [-0.25, -0.2) is 4.79 Å². The summed E-state index contributed by atoms with van der Waals surface area (Å²) in [6.07, 6.45) is 2.44. The number of imide groups is 2. The summed E-state index contributed by atoms with van der Waals surface area (Å²) in [5.41, 5.74) is 0.0565. The van der Waals surface area contributed by atoms with E-state index in [0.717, 1.165) is 17.0 Å². The molecule has 1 aromatic heterocycles. The van der Waals surface area contributed by atoms with Crippen LogP contribution in [-0.2, 0) is 22.6 Å². The second kappa shape index (κ2) is 10.1. The number of benzene rings is 1. The Kier molecular flexibility index (Phi) is 6.83. The van der Waals surface area contributed by atoms with Gasteiger partial charge in [0.2, 0.25) is 11.8 Å². The lowest BCUT2D eigenvalue weighted by atomic mass is 9.75. The maximum Gasteiger partial charge on any atom is 0.331 e. The van der Waals surface area contributed by atoms with Crippen LogP contribution in [-0.4, -0.2) is 72.6 Å². The van der Waals surface area contributed by atoms with Crippen molar-refractivity contribution < 1.29 is 23.9 Å². The van der Waals surface area contributed by atoms with Crippen LogP contribution in [0.25, 0.3) is 0 Å². The van der Waals surface area contributed by atoms with Crippen LogP contribution in [0, 0.1) is 11.3 Å². The summed E-state index contributed by atoms with van der Waals surface area (Å²) in [5.74, 6) is 0.202. The number of hydrogen-bond acceptors (Lipinski definition) is 7. The molecule has 2 aromatic rings. The number of piperidine rings is 1. The lowest BCUT2D eigenvalue weighted by Crippen LogP contribution is -2.68. The third kappa shape index (κ3) is 4.38. The standard InChI is InChI=1S/C28H32N4O6/c1-4-10-31-26(35)28(25(34)29-27(31)36,13-19-8-9-21(37-2)12-23(19)38-3)17-30-14-18-11-20(16-30)22-6-5-7-24(33)32(22)15-18/h4-9,12,18,20H,1,10-11,13-17H2,2-3H3,(H,29,34,36)/t18-,20+,28+/m0/s1. The first-order valence-corrected chi connectivity index (χ1v) is 12.7. The molecule has 38 heavy (non-hydrogen) atoms. The topological polar surface area (TPSA) is 110 Å². The summed E-state index contributed by atoms with van der Waals surface area (Å²) in [6, 6.07) is 9.83. The van der Waals surface area contributed by atoms with Gasteiger partial charge in [-0.15, -0.1) is 6.58 Å². The van der Waals surface area contributed by atoms with Crippen LogP contribution in [0.2, 0.25) is 0 Å². The molecular formula is C28H32N4O6. The van der Waals surface area contributed by atoms with Crippen LogP contribution < -0.4 is 20.3 Å². The molecule has 0 unspecified atom stereocenters. The largest absolute Gasteiger partial charge is 0.497 e. The minimum atomic E-state index is -1.57. The molecule has 3 atom stereocenters. The molecule has 10 nitrogen and oxygen atoms in total. The number of rotatable bonds is 8. The fourth-order valence-corrected chi connectivity index (χ4v) is 6.21. The van der Waals surface area contributed by atoms with Gasteiger partial charge in [0.05, 0.1) is 14.2 Å². The molecule has 0 aliphatic carbocycles. The molecule has 4 heterocycles. The molecule has 1 N–H and O–H groups in total. The molecule has 5 rings (SSSR count). The molecule has 2 saturated heterocycles. The Balaban J connectivity index is 1.52. The molecule has 0 spiro atoms. The van der Waals surface area contributed by atoms with Crippen molar-refractivity contribution in [3.8, 4) is 11.5 Å². The molecule has 0 saturated carbocycles. The van der Waals surface area contributed by atoms with Gasteiger partial charge in [0, 0.05) is 62.9 Å². The first-order valence-electron chi connectivity index (χ1n) is 12.7. The second-order valence-corrected chi connectivity index (χ2v) is 10.3. The predicted octanol–water partition coefficient (Wildman–Crippen LogP) is 1.78. The van der Waals surface area contributed by atoms with Crippen molar-refractivity contribution in [2.75, 3.05) is 40.4 Å². The van der Waals surface area contributed by atoms with Gasteiger partial charge in [0.25, 0.3) is 5.56 Å². The highest BCUT2D eigenvalue weighted by Gasteiger charge is 2.55. The van der Waals surface area contributed by atoms with Gasteiger partial charge < -0.3 is 18.9 Å². The zero-order valence-corrected chi connectivity index (χ0v) is 21.6. The fourth-order valence-electron chi connectivity index (χ4n) is 6.21. The second-order valence-electron chi connectivity index (χ2n) is 10.3. The number of methoxy groups -OCH3 is 2. The number of likely N-dealkylation sites (tertiary alicyclic amines) is 1. The van der Waals surface area contributed by atoms with Crippen LogP contribution in [0.3, 0.4) is 0 Å². The number of hydrogen-bond donors (Lipinski definition) is 1. The van der Waals surface area contributed by atoms with E-state index in [1.807, 2.05) is 10.6 Å². The first kappa shape index (κ1) is 25.7. The van der Waals surface area contributed by atoms with Crippen molar-refractivity contribution in [3.05, 3.63) is 70.7 Å². The van der Waals surface area contributed by atoms with Crippen LogP contribution in [0.15, 0.2) is 53.8 Å². The highest BCUT2D eigenvalue weighted by molar-refractivity contribution is 6.19. The minimum absolute atomic E-state index is 0.00543. The van der Waals surface area contributed by atoms with E-state index >= 15 is 0 Å². The average Bonchev–Trinajstić information content (AvgIpc) is 2.90. The normalized spacial score (nSPS) is 25.0. The maximum atomic E-state index is 14.0. The Morgan fingerprint density at radius 1 is 1.08 bits per heavy atom. The Hall–Kier alpha value is -3.92. The smallest absolute Gasteiger partial charge is 0.331 e. The molecule has 3 aliphatic rings. The molecule has 0 radical (unpaired) electrons. The number of pyridine rings is 1. The van der Waals surface area contributed by atoms with E-state index in [4.69, 9.17) is 9.47 Å². The highest BCUT2D eigenvalue weighted by atomic mass is 16.5. The Labute approximate surface area is 220 Å². The first-order chi connectivity index (χ1) is 18.3. The molecule has 3 aliphatic heterocycles. The third-order valence-electron chi connectivity index (χ3n) is 7.90. The summed E-state index contributed by atoms with van der Waals surface area (Å²) in [7, 11) is 3.07. The van der Waals surface area contributed by atoms with E-state index in [0.29, 0.717) is 36.7 Å². The van der Waals surface area contributed by atoms with Gasteiger partial charge >= 0.3 is 6.03 Å². The van der Waals surface area contributed by atoms with E-state index in [-0.39, 0.29) is 36.9 Å². The molecule has 200 valence electrons. The maximum absolute atomic E-state index is 14.0. The number of nitrogens with zero attached hydrogens (tertiary/aromatic N) is 3. The molecule has 1 aromatic carbocycles. The predicted molar refractivity (Wildman–Crippen MR) is 139 cm³/mol. The fraction of sp³-hybridized carbons (Fsp3) is 0.429. The number of barbiturate groups is 1. The van der Waals surface area contributed by atoms with Crippen LogP contribution in [0.5, 0.6) is 11.5 Å². The minimum Gasteiger partial charge on any atom is -0.497 e. The molecule has 2 fully saturated rings. The van der Waals surface area contributed by atoms with Gasteiger partial charge in [-0.2, -0.15) is 0 Å². The summed E-state index contributed by atoms with van der Waals surface area (Å²) in [6.45, 7) is 5.61. The van der Waals surface area contributed by atoms with Gasteiger partial charge in [0.1, 0.15) is 16.9 Å². The number of urea groups is 1. The van der Waals surface area contributed by atoms with E-state index in [1.165, 1.54) is 13.2 Å². The summed E-state index contributed by atoms with van der Waals surface area (Å²) in [5, 5.41) is 2.42. The number of nitrogens with one attached hydrogen (secondary N) is 1. The zero-order valence-electron chi connectivity index (χ0n) is 21.6. The van der Waals surface area contributed by atoms with Crippen LogP contribution >= 0.6 is 0 Å². The summed E-state index contributed by atoms with van der Waals surface area (Å²) < 4.78 is 12.7. The molecular weight excluding hydrogens is 488 g/mol. The number of carbonyl (C=O) groups excluding carboxylic acids is 3. The van der Waals surface area contributed by atoms with Crippen molar-refractivity contribution in [3.63, 3.8) is 0 Å². The van der Waals surface area contributed by atoms with E-state index < -0.39 is 23.3 Å². The molecule has 4 amide bonds. The van der Waals surface area contributed by atoms with Gasteiger partial charge in [-0.3, -0.25) is 24.6 Å². The number of carbonyl (C=O) groups is 3. The van der Waals surface area contributed by atoms with Gasteiger partial charge in [-0.05, 0) is 30.0 Å². The average molecular weight is 521 g/mol. The lowest BCUT2D eigenvalue weighted by molar-refractivity contribution is -0.153. The monoisotopic (exact) mass is 520 g/mol. The molecule has 10 heteroatoms.